The molecular formula is C13H18N2O. The maximum absolute atomic E-state index is 12.0. The van der Waals surface area contributed by atoms with Gasteiger partial charge in [-0.15, -0.1) is 0 Å². The third-order valence-corrected chi connectivity index (χ3v) is 3.08. The van der Waals surface area contributed by atoms with Gasteiger partial charge in [-0.2, -0.15) is 0 Å². The molecule has 0 saturated carbocycles. The highest BCUT2D eigenvalue weighted by molar-refractivity contribution is 5.96. The van der Waals surface area contributed by atoms with Gasteiger partial charge in [-0.05, 0) is 44.0 Å². The van der Waals surface area contributed by atoms with E-state index in [0.717, 1.165) is 25.1 Å². The number of carbonyl (C=O) groups excluding carboxylic acids is 1. The molecule has 3 heteroatoms. The van der Waals surface area contributed by atoms with Crippen molar-refractivity contribution in [2.24, 2.45) is 5.92 Å². The predicted octanol–water partition coefficient (Wildman–Crippen LogP) is 1.84. The van der Waals surface area contributed by atoms with Crippen LogP contribution in [0.4, 0.5) is 5.69 Å². The van der Waals surface area contributed by atoms with Crippen molar-refractivity contribution in [2.45, 2.75) is 19.3 Å². The molecular weight excluding hydrogens is 200 g/mol. The van der Waals surface area contributed by atoms with Crippen molar-refractivity contribution >= 4 is 11.5 Å². The fourth-order valence-electron chi connectivity index (χ4n) is 2.19. The molecule has 3 N–H and O–H groups in total. The summed E-state index contributed by atoms with van der Waals surface area (Å²) in [7, 11) is 0. The molecule has 0 aliphatic carbocycles. The van der Waals surface area contributed by atoms with E-state index in [9.17, 15) is 4.79 Å². The van der Waals surface area contributed by atoms with E-state index in [4.69, 9.17) is 5.73 Å². The summed E-state index contributed by atoms with van der Waals surface area (Å²) >= 11 is 0. The first kappa shape index (κ1) is 11.1. The molecule has 1 aromatic rings. The van der Waals surface area contributed by atoms with Gasteiger partial charge in [0.05, 0.1) is 0 Å². The third kappa shape index (κ3) is 2.83. The van der Waals surface area contributed by atoms with E-state index in [0.29, 0.717) is 18.0 Å². The normalized spacial score (nSPS) is 20.6. The van der Waals surface area contributed by atoms with Crippen LogP contribution in [0.3, 0.4) is 0 Å². The summed E-state index contributed by atoms with van der Waals surface area (Å²) < 4.78 is 0. The minimum absolute atomic E-state index is 0.209. The van der Waals surface area contributed by atoms with Crippen molar-refractivity contribution in [3.63, 3.8) is 0 Å². The molecule has 16 heavy (non-hydrogen) atoms. The zero-order valence-corrected chi connectivity index (χ0v) is 9.41. The van der Waals surface area contributed by atoms with E-state index >= 15 is 0 Å². The van der Waals surface area contributed by atoms with E-state index < -0.39 is 0 Å². The summed E-state index contributed by atoms with van der Waals surface area (Å²) in [5, 5.41) is 3.33. The van der Waals surface area contributed by atoms with Crippen LogP contribution in [0.15, 0.2) is 24.3 Å². The number of nitrogen functional groups attached to an aromatic ring is 1. The van der Waals surface area contributed by atoms with Gasteiger partial charge in [-0.1, -0.05) is 12.1 Å². The number of benzene rings is 1. The molecule has 1 aliphatic heterocycles. The van der Waals surface area contributed by atoms with Gasteiger partial charge in [0.25, 0.3) is 0 Å². The van der Waals surface area contributed by atoms with Crippen molar-refractivity contribution < 1.29 is 4.79 Å². The molecule has 1 aromatic carbocycles. The predicted molar refractivity (Wildman–Crippen MR) is 65.4 cm³/mol. The maximum atomic E-state index is 12.0. The van der Waals surface area contributed by atoms with Gasteiger partial charge in [-0.25, -0.2) is 0 Å². The average molecular weight is 218 g/mol. The van der Waals surface area contributed by atoms with Crippen LogP contribution in [-0.2, 0) is 0 Å². The first-order chi connectivity index (χ1) is 7.75. The smallest absolute Gasteiger partial charge is 0.163 e. The molecule has 3 nitrogen and oxygen atoms in total. The number of hydrogen-bond donors (Lipinski definition) is 2. The zero-order chi connectivity index (χ0) is 11.4. The van der Waals surface area contributed by atoms with Gasteiger partial charge in [0.2, 0.25) is 0 Å². The van der Waals surface area contributed by atoms with Crippen LogP contribution in [0.1, 0.15) is 29.6 Å². The monoisotopic (exact) mass is 218 g/mol. The van der Waals surface area contributed by atoms with Crippen molar-refractivity contribution in [3.05, 3.63) is 29.8 Å². The van der Waals surface area contributed by atoms with Crippen molar-refractivity contribution in [1.29, 1.82) is 0 Å². The molecule has 1 aliphatic rings. The molecule has 1 fully saturated rings. The summed E-state index contributed by atoms with van der Waals surface area (Å²) in [6.07, 6.45) is 2.96. The number of hydrogen-bond acceptors (Lipinski definition) is 3. The SMILES string of the molecule is Nc1cccc(C(=O)CC2CCCNC2)c1. The molecule has 0 amide bonds. The van der Waals surface area contributed by atoms with Crippen LogP contribution in [0.25, 0.3) is 0 Å². The first-order valence-corrected chi connectivity index (χ1v) is 5.85. The van der Waals surface area contributed by atoms with Crippen LogP contribution in [0.2, 0.25) is 0 Å². The Kier molecular flexibility index (Phi) is 3.57. The lowest BCUT2D eigenvalue weighted by molar-refractivity contribution is 0.0954. The van der Waals surface area contributed by atoms with Crippen LogP contribution in [-0.4, -0.2) is 18.9 Å². The largest absolute Gasteiger partial charge is 0.399 e. The van der Waals surface area contributed by atoms with E-state index in [-0.39, 0.29) is 5.78 Å². The number of anilines is 1. The second-order valence-electron chi connectivity index (χ2n) is 4.47. The molecule has 2 rings (SSSR count). The minimum atomic E-state index is 0.209. The number of ketones is 1. The summed E-state index contributed by atoms with van der Waals surface area (Å²) in [5.41, 5.74) is 7.07. The van der Waals surface area contributed by atoms with Crippen molar-refractivity contribution in [2.75, 3.05) is 18.8 Å². The summed E-state index contributed by atoms with van der Waals surface area (Å²) in [5.74, 6) is 0.698. The number of nitrogens with two attached hydrogens (primary N) is 1. The van der Waals surface area contributed by atoms with Crippen LogP contribution in [0, 0.1) is 5.92 Å². The van der Waals surface area contributed by atoms with E-state index in [1.165, 1.54) is 6.42 Å². The lowest BCUT2D eigenvalue weighted by Crippen LogP contribution is -2.31. The van der Waals surface area contributed by atoms with Gasteiger partial charge < -0.3 is 11.1 Å². The Hall–Kier alpha value is -1.35. The molecule has 0 bridgehead atoms. The number of piperidine rings is 1. The van der Waals surface area contributed by atoms with Gasteiger partial charge in [0.1, 0.15) is 0 Å². The topological polar surface area (TPSA) is 55.1 Å². The van der Waals surface area contributed by atoms with Gasteiger partial charge in [0.15, 0.2) is 5.78 Å². The van der Waals surface area contributed by atoms with Crippen LogP contribution >= 0.6 is 0 Å². The summed E-state index contributed by atoms with van der Waals surface area (Å²) in [4.78, 5) is 12.0. The second-order valence-corrected chi connectivity index (χ2v) is 4.47. The molecule has 86 valence electrons. The Balaban J connectivity index is 1.97. The number of rotatable bonds is 3. The van der Waals surface area contributed by atoms with E-state index in [2.05, 4.69) is 5.32 Å². The van der Waals surface area contributed by atoms with Gasteiger partial charge in [-0.3, -0.25) is 4.79 Å². The van der Waals surface area contributed by atoms with Crippen LogP contribution < -0.4 is 11.1 Å². The lowest BCUT2D eigenvalue weighted by Gasteiger charge is -2.21. The lowest BCUT2D eigenvalue weighted by atomic mass is 9.92. The molecule has 0 spiro atoms. The maximum Gasteiger partial charge on any atom is 0.163 e. The molecule has 1 heterocycles. The number of nitrogens with one attached hydrogen (secondary N) is 1. The van der Waals surface area contributed by atoms with E-state index in [1.54, 1.807) is 12.1 Å². The molecule has 1 atom stereocenters. The number of carbonyl (C=O) groups is 1. The average Bonchev–Trinajstić information content (AvgIpc) is 2.30. The Morgan fingerprint density at radius 3 is 3.06 bits per heavy atom. The Morgan fingerprint density at radius 1 is 1.50 bits per heavy atom. The Bertz CT molecular complexity index is 370. The van der Waals surface area contributed by atoms with Gasteiger partial charge >= 0.3 is 0 Å². The van der Waals surface area contributed by atoms with Gasteiger partial charge in [0, 0.05) is 17.7 Å². The fourth-order valence-corrected chi connectivity index (χ4v) is 2.19. The van der Waals surface area contributed by atoms with Crippen LogP contribution in [0.5, 0.6) is 0 Å². The highest BCUT2D eigenvalue weighted by atomic mass is 16.1. The molecule has 1 unspecified atom stereocenters. The molecule has 0 radical (unpaired) electrons. The highest BCUT2D eigenvalue weighted by Gasteiger charge is 2.17. The van der Waals surface area contributed by atoms with Crippen molar-refractivity contribution in [1.82, 2.24) is 5.32 Å². The fraction of sp³-hybridized carbons (Fsp3) is 0.462. The standard InChI is InChI=1S/C13H18N2O/c14-12-5-1-4-11(8-12)13(16)7-10-3-2-6-15-9-10/h1,4-5,8,10,15H,2-3,6-7,9,14H2. The van der Waals surface area contributed by atoms with E-state index in [1.807, 2.05) is 12.1 Å². The zero-order valence-electron chi connectivity index (χ0n) is 9.41. The van der Waals surface area contributed by atoms with Crippen molar-refractivity contribution in [3.8, 4) is 0 Å². The summed E-state index contributed by atoms with van der Waals surface area (Å²) in [6.45, 7) is 2.05. The minimum Gasteiger partial charge on any atom is -0.399 e. The molecule has 1 saturated heterocycles. The molecule has 0 aromatic heterocycles. The Labute approximate surface area is 96.0 Å². The number of Topliss-reactive ketones (excluding diaryl/α,β-unsaturated/α-hetero) is 1. The third-order valence-electron chi connectivity index (χ3n) is 3.08. The highest BCUT2D eigenvalue weighted by Crippen LogP contribution is 2.18. The quantitative estimate of drug-likeness (QED) is 0.601. The summed E-state index contributed by atoms with van der Waals surface area (Å²) in [6, 6.07) is 7.24. The second kappa shape index (κ2) is 5.12. The Morgan fingerprint density at radius 2 is 2.38 bits per heavy atom. The first-order valence-electron chi connectivity index (χ1n) is 5.85.